The first kappa shape index (κ1) is 24.4. The summed E-state index contributed by atoms with van der Waals surface area (Å²) < 4.78 is 35.8. The maximum atomic E-state index is 11.5. The number of anilines is 1. The molecule has 0 fully saturated rings. The zero-order valence-corrected chi connectivity index (χ0v) is 19.5. The molecule has 3 rings (SSSR count). The van der Waals surface area contributed by atoms with Crippen molar-refractivity contribution < 1.29 is 28.1 Å². The monoisotopic (exact) mass is 472 g/mol. The molecule has 0 unspecified atom stereocenters. The first-order valence-electron chi connectivity index (χ1n) is 10.2. The maximum absolute atomic E-state index is 11.5. The van der Waals surface area contributed by atoms with Gasteiger partial charge in [0.05, 0.1) is 38.3 Å². The third-order valence-corrected chi connectivity index (χ3v) is 5.71. The Bertz CT molecular complexity index is 1120. The summed E-state index contributed by atoms with van der Waals surface area (Å²) in [5.74, 6) is 1.25. The van der Waals surface area contributed by atoms with E-state index in [9.17, 15) is 18.6 Å². The van der Waals surface area contributed by atoms with Crippen molar-refractivity contribution in [2.75, 3.05) is 31.7 Å². The second kappa shape index (κ2) is 10.6. The number of benzene rings is 3. The highest BCUT2D eigenvalue weighted by Crippen LogP contribution is 2.29. The van der Waals surface area contributed by atoms with Gasteiger partial charge in [-0.1, -0.05) is 30.3 Å². The van der Waals surface area contributed by atoms with E-state index in [1.807, 2.05) is 48.5 Å². The number of aliphatic hydroxyl groups excluding tert-OH is 1. The molecule has 0 aliphatic carbocycles. The average Bonchev–Trinajstić information content (AvgIpc) is 2.80. The van der Waals surface area contributed by atoms with Gasteiger partial charge in [0.15, 0.2) is 0 Å². The Balaban J connectivity index is 1.83. The minimum atomic E-state index is -3.58. The van der Waals surface area contributed by atoms with Crippen LogP contribution >= 0.6 is 0 Å². The zero-order chi connectivity index (χ0) is 24.0. The summed E-state index contributed by atoms with van der Waals surface area (Å²) in [5, 5.41) is 24.1. The third kappa shape index (κ3) is 6.61. The lowest BCUT2D eigenvalue weighted by atomic mass is 9.97. The lowest BCUT2D eigenvalue weighted by Gasteiger charge is -2.23. The quantitative estimate of drug-likeness (QED) is 0.335. The lowest BCUT2D eigenvalue weighted by Crippen LogP contribution is -2.27. The molecule has 176 valence electrons. The number of methoxy groups -OCH3 is 2. The Kier molecular flexibility index (Phi) is 7.80. The number of hydrogen-bond acceptors (Lipinski definition) is 7. The normalized spacial score (nSPS) is 12.4. The largest absolute Gasteiger partial charge is 0.506 e. The van der Waals surface area contributed by atoms with Crippen LogP contribution in [0.3, 0.4) is 0 Å². The van der Waals surface area contributed by atoms with Crippen LogP contribution in [0.2, 0.25) is 0 Å². The Hall–Kier alpha value is -3.27. The molecule has 9 heteroatoms. The van der Waals surface area contributed by atoms with Crippen molar-refractivity contribution >= 4 is 15.7 Å². The number of hydrogen-bond donors (Lipinski definition) is 4. The van der Waals surface area contributed by atoms with Crippen molar-refractivity contribution in [2.24, 2.45) is 0 Å². The number of aromatic hydroxyl groups is 1. The molecular weight excluding hydrogens is 444 g/mol. The van der Waals surface area contributed by atoms with Crippen LogP contribution < -0.4 is 19.5 Å². The molecule has 3 aromatic carbocycles. The fraction of sp³-hybridized carbons (Fsp3) is 0.250. The fourth-order valence-electron chi connectivity index (χ4n) is 3.41. The Morgan fingerprint density at radius 1 is 0.848 bits per heavy atom. The molecule has 3 aromatic rings. The molecule has 0 aliphatic rings. The van der Waals surface area contributed by atoms with Gasteiger partial charge >= 0.3 is 0 Å². The molecule has 0 saturated carbocycles. The summed E-state index contributed by atoms with van der Waals surface area (Å²) in [6.45, 7) is 0.172. The van der Waals surface area contributed by atoms with Gasteiger partial charge in [0.1, 0.15) is 17.2 Å². The van der Waals surface area contributed by atoms with Crippen LogP contribution in [0.4, 0.5) is 5.69 Å². The standard InChI is InChI=1S/C24H28N2O6S/c1-31-19-9-4-16(5-10-19)24(17-6-11-20(32-2)12-7-17)25-15-23(28)18-8-13-22(27)21(14-18)26-33(3,29)30/h4-14,23-28H,15H2,1-3H3/t23-/m0/s1. The highest BCUT2D eigenvalue weighted by molar-refractivity contribution is 7.92. The van der Waals surface area contributed by atoms with E-state index in [0.717, 1.165) is 28.9 Å². The molecule has 1 atom stereocenters. The zero-order valence-electron chi connectivity index (χ0n) is 18.6. The van der Waals surface area contributed by atoms with E-state index in [1.54, 1.807) is 20.3 Å². The number of phenols is 1. The smallest absolute Gasteiger partial charge is 0.229 e. The fourth-order valence-corrected chi connectivity index (χ4v) is 3.97. The van der Waals surface area contributed by atoms with Crippen molar-refractivity contribution in [1.29, 1.82) is 0 Å². The summed E-state index contributed by atoms with van der Waals surface area (Å²) in [6, 6.07) is 19.3. The number of rotatable bonds is 10. The van der Waals surface area contributed by atoms with Crippen LogP contribution in [0.1, 0.15) is 28.8 Å². The van der Waals surface area contributed by atoms with Crippen LogP contribution in [0, 0.1) is 0 Å². The van der Waals surface area contributed by atoms with Crippen LogP contribution in [0.5, 0.6) is 17.2 Å². The molecule has 0 saturated heterocycles. The second-order valence-corrected chi connectivity index (χ2v) is 9.30. The number of phenolic OH excluding ortho intramolecular Hbond substituents is 1. The number of aliphatic hydroxyl groups is 1. The summed E-state index contributed by atoms with van der Waals surface area (Å²) in [7, 11) is -0.367. The number of nitrogens with one attached hydrogen (secondary N) is 2. The van der Waals surface area contributed by atoms with Crippen molar-refractivity contribution in [3.63, 3.8) is 0 Å². The summed E-state index contributed by atoms with van der Waals surface area (Å²) in [4.78, 5) is 0. The Morgan fingerprint density at radius 2 is 1.33 bits per heavy atom. The Labute approximate surface area is 193 Å². The van der Waals surface area contributed by atoms with Crippen LogP contribution in [-0.2, 0) is 10.0 Å². The molecule has 0 spiro atoms. The van der Waals surface area contributed by atoms with Gasteiger partial charge in [-0.25, -0.2) is 8.42 Å². The predicted molar refractivity (Wildman–Crippen MR) is 127 cm³/mol. The minimum Gasteiger partial charge on any atom is -0.506 e. The molecule has 0 bridgehead atoms. The van der Waals surface area contributed by atoms with Gasteiger partial charge in [-0.2, -0.15) is 0 Å². The first-order valence-corrected chi connectivity index (χ1v) is 12.1. The van der Waals surface area contributed by atoms with E-state index in [1.165, 1.54) is 12.1 Å². The molecular formula is C24H28N2O6S. The van der Waals surface area contributed by atoms with Gasteiger partial charge in [0, 0.05) is 6.54 Å². The van der Waals surface area contributed by atoms with Crippen LogP contribution in [-0.4, -0.2) is 45.7 Å². The maximum Gasteiger partial charge on any atom is 0.229 e. The van der Waals surface area contributed by atoms with Gasteiger partial charge in [-0.05, 0) is 53.1 Å². The topological polar surface area (TPSA) is 117 Å². The van der Waals surface area contributed by atoms with E-state index >= 15 is 0 Å². The molecule has 8 nitrogen and oxygen atoms in total. The van der Waals surface area contributed by atoms with E-state index in [0.29, 0.717) is 5.56 Å². The molecule has 0 heterocycles. The third-order valence-electron chi connectivity index (χ3n) is 5.11. The first-order chi connectivity index (χ1) is 15.7. The summed E-state index contributed by atoms with van der Waals surface area (Å²) in [5.41, 5.74) is 2.40. The summed E-state index contributed by atoms with van der Waals surface area (Å²) in [6.07, 6.45) is 0.0375. The molecule has 0 aliphatic heterocycles. The van der Waals surface area contributed by atoms with E-state index < -0.39 is 16.1 Å². The minimum absolute atomic E-state index is 0.0101. The molecule has 0 amide bonds. The SMILES string of the molecule is COc1ccc(C(NC[C@H](O)c2ccc(O)c(NS(C)(=O)=O)c2)c2ccc(OC)cc2)cc1. The summed E-state index contributed by atoms with van der Waals surface area (Å²) >= 11 is 0. The number of ether oxygens (including phenoxy) is 2. The molecule has 0 aromatic heterocycles. The molecule has 0 radical (unpaired) electrons. The van der Waals surface area contributed by atoms with Gasteiger partial charge in [0.25, 0.3) is 0 Å². The van der Waals surface area contributed by atoms with E-state index in [2.05, 4.69) is 10.0 Å². The van der Waals surface area contributed by atoms with Crippen LogP contribution in [0.25, 0.3) is 0 Å². The lowest BCUT2D eigenvalue weighted by molar-refractivity contribution is 0.172. The van der Waals surface area contributed by atoms with Crippen molar-refractivity contribution in [1.82, 2.24) is 5.32 Å². The Morgan fingerprint density at radius 3 is 1.79 bits per heavy atom. The van der Waals surface area contributed by atoms with Crippen molar-refractivity contribution in [3.8, 4) is 17.2 Å². The van der Waals surface area contributed by atoms with Gasteiger partial charge in [-0.3, -0.25) is 4.72 Å². The predicted octanol–water partition coefficient (Wildman–Crippen LogP) is 3.19. The van der Waals surface area contributed by atoms with E-state index in [4.69, 9.17) is 9.47 Å². The molecule has 33 heavy (non-hydrogen) atoms. The van der Waals surface area contributed by atoms with E-state index in [-0.39, 0.29) is 24.0 Å². The van der Waals surface area contributed by atoms with Gasteiger partial charge in [-0.15, -0.1) is 0 Å². The van der Waals surface area contributed by atoms with Gasteiger partial charge in [0.2, 0.25) is 10.0 Å². The van der Waals surface area contributed by atoms with Crippen molar-refractivity contribution in [2.45, 2.75) is 12.1 Å². The highest BCUT2D eigenvalue weighted by atomic mass is 32.2. The van der Waals surface area contributed by atoms with Crippen LogP contribution in [0.15, 0.2) is 66.7 Å². The van der Waals surface area contributed by atoms with Gasteiger partial charge < -0.3 is 25.0 Å². The highest BCUT2D eigenvalue weighted by Gasteiger charge is 2.18. The van der Waals surface area contributed by atoms with Crippen molar-refractivity contribution in [3.05, 3.63) is 83.4 Å². The second-order valence-electron chi connectivity index (χ2n) is 7.55. The average molecular weight is 473 g/mol. The molecule has 4 N–H and O–H groups in total. The number of sulfonamides is 1.